The topological polar surface area (TPSA) is 61.8 Å². The highest BCUT2D eigenvalue weighted by Crippen LogP contribution is 2.19. The first-order chi connectivity index (χ1) is 9.58. The summed E-state index contributed by atoms with van der Waals surface area (Å²) in [6.07, 6.45) is 4.77. The number of aliphatic hydroxyl groups excluding tert-OH is 1. The summed E-state index contributed by atoms with van der Waals surface area (Å²) >= 11 is 0. The maximum Gasteiger partial charge on any atom is 0.317 e. The molecule has 0 bridgehead atoms. The average molecular weight is 286 g/mol. The van der Waals surface area contributed by atoms with Gasteiger partial charge in [-0.1, -0.05) is 19.8 Å². The highest BCUT2D eigenvalue weighted by Gasteiger charge is 2.27. The lowest BCUT2D eigenvalue weighted by Gasteiger charge is -2.35. The normalized spacial score (nSPS) is 22.4. The van der Waals surface area contributed by atoms with Gasteiger partial charge in [0.1, 0.15) is 0 Å². The number of aliphatic hydroxyl groups is 1. The highest BCUT2D eigenvalue weighted by atomic mass is 16.5. The quantitative estimate of drug-likeness (QED) is 0.752. The lowest BCUT2D eigenvalue weighted by Crippen LogP contribution is -2.50. The van der Waals surface area contributed by atoms with Gasteiger partial charge in [-0.3, -0.25) is 0 Å². The van der Waals surface area contributed by atoms with Crippen LogP contribution in [0.1, 0.15) is 46.0 Å². The Balaban J connectivity index is 2.46. The van der Waals surface area contributed by atoms with E-state index in [1.54, 1.807) is 14.0 Å². The van der Waals surface area contributed by atoms with Gasteiger partial charge in [-0.15, -0.1) is 0 Å². The number of likely N-dealkylation sites (tertiary alicyclic amines) is 1. The van der Waals surface area contributed by atoms with Gasteiger partial charge in [-0.05, 0) is 26.2 Å². The Kier molecular flexibility index (Phi) is 7.92. The molecule has 1 rings (SSSR count). The number of ether oxygens (including phenoxy) is 1. The monoisotopic (exact) mass is 286 g/mol. The van der Waals surface area contributed by atoms with E-state index in [1.807, 2.05) is 4.90 Å². The van der Waals surface area contributed by atoms with E-state index in [-0.39, 0.29) is 24.1 Å². The van der Waals surface area contributed by atoms with E-state index in [9.17, 15) is 9.90 Å². The van der Waals surface area contributed by atoms with Crippen LogP contribution in [-0.4, -0.2) is 55.0 Å². The summed E-state index contributed by atoms with van der Waals surface area (Å²) in [5, 5.41) is 12.7. The van der Waals surface area contributed by atoms with Gasteiger partial charge in [0.25, 0.3) is 0 Å². The minimum Gasteiger partial charge on any atom is -0.393 e. The molecule has 2 amide bonds. The number of urea groups is 1. The number of rotatable bonds is 7. The number of piperidine rings is 1. The second-order valence-electron chi connectivity index (χ2n) is 5.83. The largest absolute Gasteiger partial charge is 0.393 e. The van der Waals surface area contributed by atoms with Gasteiger partial charge < -0.3 is 20.1 Å². The van der Waals surface area contributed by atoms with E-state index in [0.717, 1.165) is 38.6 Å². The Morgan fingerprint density at radius 1 is 1.55 bits per heavy atom. The van der Waals surface area contributed by atoms with Crippen molar-refractivity contribution in [1.82, 2.24) is 10.2 Å². The second-order valence-corrected chi connectivity index (χ2v) is 5.83. The molecule has 1 aliphatic rings. The standard InChI is InChI=1S/C15H30N2O3/c1-4-5-8-14(11-20-3)16-15(19)17-9-6-7-13(10-17)12(2)18/h12-14,18H,4-11H2,1-3H3,(H,16,19). The lowest BCUT2D eigenvalue weighted by molar-refractivity contribution is 0.0718. The molecule has 1 saturated heterocycles. The van der Waals surface area contributed by atoms with Crippen molar-refractivity contribution in [1.29, 1.82) is 0 Å². The Morgan fingerprint density at radius 2 is 2.30 bits per heavy atom. The molecule has 0 spiro atoms. The van der Waals surface area contributed by atoms with Crippen LogP contribution in [0.25, 0.3) is 0 Å². The number of nitrogens with zero attached hydrogens (tertiary/aromatic N) is 1. The molecule has 1 aliphatic heterocycles. The number of carbonyl (C=O) groups excluding carboxylic acids is 1. The van der Waals surface area contributed by atoms with Gasteiger partial charge in [-0.25, -0.2) is 4.79 Å². The molecular weight excluding hydrogens is 256 g/mol. The molecule has 0 aromatic carbocycles. The molecule has 5 heteroatoms. The number of unbranched alkanes of at least 4 members (excludes halogenated alkanes) is 1. The Hall–Kier alpha value is -0.810. The minimum absolute atomic E-state index is 0.0199. The van der Waals surface area contributed by atoms with Gasteiger partial charge in [0.2, 0.25) is 0 Å². The zero-order chi connectivity index (χ0) is 15.0. The van der Waals surface area contributed by atoms with Crippen molar-refractivity contribution in [2.45, 2.75) is 58.1 Å². The van der Waals surface area contributed by atoms with Crippen LogP contribution in [0.5, 0.6) is 0 Å². The predicted octanol–water partition coefficient (Wildman–Crippen LogP) is 1.99. The molecule has 3 unspecified atom stereocenters. The van der Waals surface area contributed by atoms with Crippen LogP contribution in [0, 0.1) is 5.92 Å². The van der Waals surface area contributed by atoms with E-state index in [2.05, 4.69) is 12.2 Å². The van der Waals surface area contributed by atoms with Crippen molar-refractivity contribution < 1.29 is 14.6 Å². The SMILES string of the molecule is CCCCC(COC)NC(=O)N1CCCC(C(C)O)C1. The van der Waals surface area contributed by atoms with E-state index in [1.165, 1.54) is 0 Å². The van der Waals surface area contributed by atoms with Crippen molar-refractivity contribution in [3.05, 3.63) is 0 Å². The highest BCUT2D eigenvalue weighted by molar-refractivity contribution is 5.74. The number of amides is 2. The zero-order valence-electron chi connectivity index (χ0n) is 13.1. The van der Waals surface area contributed by atoms with Gasteiger partial charge in [0.05, 0.1) is 18.8 Å². The molecule has 5 nitrogen and oxygen atoms in total. The van der Waals surface area contributed by atoms with Crippen LogP contribution in [-0.2, 0) is 4.74 Å². The maximum atomic E-state index is 12.3. The summed E-state index contributed by atoms with van der Waals surface area (Å²) in [5.41, 5.74) is 0. The van der Waals surface area contributed by atoms with Crippen LogP contribution < -0.4 is 5.32 Å². The summed E-state index contributed by atoms with van der Waals surface area (Å²) in [4.78, 5) is 14.1. The Morgan fingerprint density at radius 3 is 2.90 bits per heavy atom. The van der Waals surface area contributed by atoms with Crippen molar-refractivity contribution in [3.8, 4) is 0 Å². The van der Waals surface area contributed by atoms with Crippen LogP contribution >= 0.6 is 0 Å². The van der Waals surface area contributed by atoms with Crippen LogP contribution in [0.15, 0.2) is 0 Å². The third-order valence-corrected chi connectivity index (χ3v) is 4.03. The molecule has 0 aliphatic carbocycles. The molecule has 0 aromatic rings. The minimum atomic E-state index is -0.347. The number of carbonyl (C=O) groups is 1. The van der Waals surface area contributed by atoms with Crippen molar-refractivity contribution in [2.24, 2.45) is 5.92 Å². The number of hydrogen-bond acceptors (Lipinski definition) is 3. The summed E-state index contributed by atoms with van der Waals surface area (Å²) in [7, 11) is 1.66. The molecule has 1 fully saturated rings. The van der Waals surface area contributed by atoms with E-state index in [0.29, 0.717) is 13.2 Å². The van der Waals surface area contributed by atoms with Gasteiger partial charge in [0, 0.05) is 26.1 Å². The fraction of sp³-hybridized carbons (Fsp3) is 0.933. The van der Waals surface area contributed by atoms with Crippen LogP contribution in [0.3, 0.4) is 0 Å². The van der Waals surface area contributed by atoms with Crippen LogP contribution in [0.2, 0.25) is 0 Å². The van der Waals surface area contributed by atoms with Crippen molar-refractivity contribution in [3.63, 3.8) is 0 Å². The van der Waals surface area contributed by atoms with Gasteiger partial charge in [-0.2, -0.15) is 0 Å². The predicted molar refractivity (Wildman–Crippen MR) is 79.7 cm³/mol. The van der Waals surface area contributed by atoms with E-state index in [4.69, 9.17) is 4.74 Å². The first-order valence-corrected chi connectivity index (χ1v) is 7.80. The fourth-order valence-corrected chi connectivity index (χ4v) is 2.70. The molecule has 2 N–H and O–H groups in total. The summed E-state index contributed by atoms with van der Waals surface area (Å²) < 4.78 is 5.18. The van der Waals surface area contributed by atoms with Crippen molar-refractivity contribution in [2.75, 3.05) is 26.8 Å². The summed E-state index contributed by atoms with van der Waals surface area (Å²) in [6.45, 7) is 5.93. The summed E-state index contributed by atoms with van der Waals surface area (Å²) in [5.74, 6) is 0.200. The molecule has 20 heavy (non-hydrogen) atoms. The molecular formula is C15H30N2O3. The molecule has 3 atom stereocenters. The Bertz CT molecular complexity index is 284. The number of methoxy groups -OCH3 is 1. The molecule has 0 saturated carbocycles. The lowest BCUT2D eigenvalue weighted by atomic mass is 9.94. The molecule has 0 aromatic heterocycles. The first-order valence-electron chi connectivity index (χ1n) is 7.80. The third-order valence-electron chi connectivity index (χ3n) is 4.03. The summed E-state index contributed by atoms with van der Waals surface area (Å²) in [6, 6.07) is 0.0629. The molecule has 0 radical (unpaired) electrons. The van der Waals surface area contributed by atoms with Gasteiger partial charge in [0.15, 0.2) is 0 Å². The Labute approximate surface area is 122 Å². The smallest absolute Gasteiger partial charge is 0.317 e. The first kappa shape index (κ1) is 17.2. The average Bonchev–Trinajstić information content (AvgIpc) is 2.45. The van der Waals surface area contributed by atoms with E-state index >= 15 is 0 Å². The third kappa shape index (κ3) is 5.67. The second kappa shape index (κ2) is 9.19. The van der Waals surface area contributed by atoms with E-state index < -0.39 is 0 Å². The van der Waals surface area contributed by atoms with Crippen LogP contribution in [0.4, 0.5) is 4.79 Å². The van der Waals surface area contributed by atoms with Gasteiger partial charge >= 0.3 is 6.03 Å². The number of hydrogen-bond donors (Lipinski definition) is 2. The maximum absolute atomic E-state index is 12.3. The molecule has 118 valence electrons. The fourth-order valence-electron chi connectivity index (χ4n) is 2.70. The molecule has 1 heterocycles. The van der Waals surface area contributed by atoms with Crippen molar-refractivity contribution >= 4 is 6.03 Å². The zero-order valence-corrected chi connectivity index (χ0v) is 13.1. The number of nitrogens with one attached hydrogen (secondary N) is 1.